The predicted octanol–water partition coefficient (Wildman–Crippen LogP) is 2.21. The highest BCUT2D eigenvalue weighted by Crippen LogP contribution is 2.21. The third kappa shape index (κ3) is 3.12. The van der Waals surface area contributed by atoms with Crippen LogP contribution in [0.3, 0.4) is 0 Å². The van der Waals surface area contributed by atoms with Crippen molar-refractivity contribution < 1.29 is 0 Å². The second-order valence-electron chi connectivity index (χ2n) is 5.05. The molecule has 0 atom stereocenters. The molecule has 1 aromatic rings. The molecule has 1 fully saturated rings. The molecule has 1 saturated heterocycles. The minimum atomic E-state index is 0. The first-order valence-corrected chi connectivity index (χ1v) is 6.41. The van der Waals surface area contributed by atoms with Crippen LogP contribution in [0.15, 0.2) is 0 Å². The molecule has 0 aromatic carbocycles. The quantitative estimate of drug-likeness (QED) is 0.895. The molecule has 4 nitrogen and oxygen atoms in total. The van der Waals surface area contributed by atoms with Crippen molar-refractivity contribution in [3.05, 3.63) is 17.0 Å². The highest BCUT2D eigenvalue weighted by atomic mass is 35.5. The summed E-state index contributed by atoms with van der Waals surface area (Å²) in [5.74, 6) is 1.71. The number of piperidine rings is 1. The molecule has 1 aromatic heterocycles. The van der Waals surface area contributed by atoms with Crippen molar-refractivity contribution in [2.45, 2.75) is 40.2 Å². The van der Waals surface area contributed by atoms with Crippen LogP contribution in [0.5, 0.6) is 0 Å². The number of nitrogens with two attached hydrogens (primary N) is 1. The number of aryl methyl sites for hydroxylation is 2. The lowest BCUT2D eigenvalue weighted by Gasteiger charge is -2.30. The van der Waals surface area contributed by atoms with E-state index in [0.29, 0.717) is 6.54 Å². The second kappa shape index (κ2) is 6.34. The third-order valence-electron chi connectivity index (χ3n) is 3.68. The first kappa shape index (κ1) is 15.2. The summed E-state index contributed by atoms with van der Waals surface area (Å²) in [6, 6.07) is 0. The Labute approximate surface area is 115 Å². The Hall–Kier alpha value is -0.870. The predicted molar refractivity (Wildman–Crippen MR) is 77.3 cm³/mol. The standard InChI is InChI=1S/C13H22N4.ClH/c1-9-4-6-17(7-5-9)13-15-10(2)12(8-14)11(3)16-13;/h9H,4-8,14H2,1-3H3;1H. The minimum Gasteiger partial charge on any atom is -0.341 e. The van der Waals surface area contributed by atoms with Crippen LogP contribution in [0, 0.1) is 19.8 Å². The van der Waals surface area contributed by atoms with Gasteiger partial charge < -0.3 is 10.6 Å². The molecule has 1 aliphatic heterocycles. The maximum Gasteiger partial charge on any atom is 0.225 e. The Morgan fingerprint density at radius 1 is 1.17 bits per heavy atom. The third-order valence-corrected chi connectivity index (χ3v) is 3.68. The summed E-state index contributed by atoms with van der Waals surface area (Å²) in [4.78, 5) is 11.5. The highest BCUT2D eigenvalue weighted by Gasteiger charge is 2.19. The van der Waals surface area contributed by atoms with Crippen molar-refractivity contribution in [3.8, 4) is 0 Å². The maximum atomic E-state index is 5.70. The van der Waals surface area contributed by atoms with E-state index in [2.05, 4.69) is 21.8 Å². The summed E-state index contributed by atoms with van der Waals surface area (Å²) in [7, 11) is 0. The molecular weight excluding hydrogens is 248 g/mol. The van der Waals surface area contributed by atoms with Gasteiger partial charge in [0.05, 0.1) is 0 Å². The van der Waals surface area contributed by atoms with E-state index in [9.17, 15) is 0 Å². The molecule has 18 heavy (non-hydrogen) atoms. The van der Waals surface area contributed by atoms with Gasteiger partial charge in [0, 0.05) is 36.6 Å². The van der Waals surface area contributed by atoms with Crippen LogP contribution in [0.2, 0.25) is 0 Å². The van der Waals surface area contributed by atoms with Crippen molar-refractivity contribution in [1.82, 2.24) is 9.97 Å². The van der Waals surface area contributed by atoms with Crippen LogP contribution in [0.25, 0.3) is 0 Å². The lowest BCUT2D eigenvalue weighted by molar-refractivity contribution is 0.434. The Kier molecular flexibility index (Phi) is 5.35. The first-order chi connectivity index (χ1) is 8.11. The van der Waals surface area contributed by atoms with Crippen LogP contribution in [-0.2, 0) is 6.54 Å². The number of nitrogens with zero attached hydrogens (tertiary/aromatic N) is 3. The zero-order chi connectivity index (χ0) is 12.4. The van der Waals surface area contributed by atoms with E-state index in [-0.39, 0.29) is 12.4 Å². The fraction of sp³-hybridized carbons (Fsp3) is 0.692. The van der Waals surface area contributed by atoms with Crippen molar-refractivity contribution in [2.24, 2.45) is 11.7 Å². The number of hydrogen-bond acceptors (Lipinski definition) is 4. The molecule has 2 rings (SSSR count). The van der Waals surface area contributed by atoms with Gasteiger partial charge in [-0.2, -0.15) is 0 Å². The lowest BCUT2D eigenvalue weighted by atomic mass is 10.00. The number of rotatable bonds is 2. The number of hydrogen-bond donors (Lipinski definition) is 1. The number of anilines is 1. The van der Waals surface area contributed by atoms with E-state index in [1.54, 1.807) is 0 Å². The summed E-state index contributed by atoms with van der Waals surface area (Å²) in [6.07, 6.45) is 2.47. The smallest absolute Gasteiger partial charge is 0.225 e. The molecule has 0 aliphatic carbocycles. The van der Waals surface area contributed by atoms with E-state index in [4.69, 9.17) is 5.73 Å². The molecule has 0 spiro atoms. The molecule has 2 N–H and O–H groups in total. The van der Waals surface area contributed by atoms with Gasteiger partial charge in [0.15, 0.2) is 0 Å². The van der Waals surface area contributed by atoms with E-state index >= 15 is 0 Å². The maximum absolute atomic E-state index is 5.70. The average Bonchev–Trinajstić information content (AvgIpc) is 2.29. The highest BCUT2D eigenvalue weighted by molar-refractivity contribution is 5.85. The van der Waals surface area contributed by atoms with Crippen molar-refractivity contribution >= 4 is 18.4 Å². The van der Waals surface area contributed by atoms with Crippen LogP contribution in [0.1, 0.15) is 36.7 Å². The first-order valence-electron chi connectivity index (χ1n) is 6.41. The largest absolute Gasteiger partial charge is 0.341 e. The molecule has 102 valence electrons. The van der Waals surface area contributed by atoms with E-state index in [1.807, 2.05) is 13.8 Å². The average molecular weight is 271 g/mol. The molecule has 0 amide bonds. The summed E-state index contributed by atoms with van der Waals surface area (Å²) in [6.45, 7) is 9.02. The van der Waals surface area contributed by atoms with Gasteiger partial charge in [0.1, 0.15) is 0 Å². The van der Waals surface area contributed by atoms with E-state index < -0.39 is 0 Å². The molecule has 5 heteroatoms. The van der Waals surface area contributed by atoms with E-state index in [0.717, 1.165) is 41.9 Å². The van der Waals surface area contributed by atoms with E-state index in [1.165, 1.54) is 12.8 Å². The van der Waals surface area contributed by atoms with Crippen molar-refractivity contribution in [1.29, 1.82) is 0 Å². The molecule has 0 bridgehead atoms. The molecule has 1 aliphatic rings. The fourth-order valence-corrected chi connectivity index (χ4v) is 2.37. The number of aromatic nitrogens is 2. The molecular formula is C13H23ClN4. The normalized spacial score (nSPS) is 16.6. The van der Waals surface area contributed by atoms with Crippen LogP contribution >= 0.6 is 12.4 Å². The van der Waals surface area contributed by atoms with Crippen molar-refractivity contribution in [2.75, 3.05) is 18.0 Å². The summed E-state index contributed by atoms with van der Waals surface area (Å²) in [5, 5.41) is 0. The summed E-state index contributed by atoms with van der Waals surface area (Å²) in [5.41, 5.74) is 8.83. The Bertz CT molecular complexity index is 377. The van der Waals surface area contributed by atoms with Crippen LogP contribution in [-0.4, -0.2) is 23.1 Å². The van der Waals surface area contributed by atoms with Crippen LogP contribution < -0.4 is 10.6 Å². The monoisotopic (exact) mass is 270 g/mol. The molecule has 0 unspecified atom stereocenters. The van der Waals surface area contributed by atoms with Gasteiger partial charge in [0.2, 0.25) is 5.95 Å². The molecule has 0 radical (unpaired) electrons. The lowest BCUT2D eigenvalue weighted by Crippen LogP contribution is -2.34. The minimum absolute atomic E-state index is 0. The number of halogens is 1. The topological polar surface area (TPSA) is 55.0 Å². The van der Waals surface area contributed by atoms with Gasteiger partial charge in [-0.3, -0.25) is 0 Å². The second-order valence-corrected chi connectivity index (χ2v) is 5.05. The summed E-state index contributed by atoms with van der Waals surface area (Å²) >= 11 is 0. The van der Waals surface area contributed by atoms with Crippen LogP contribution in [0.4, 0.5) is 5.95 Å². The van der Waals surface area contributed by atoms with Gasteiger partial charge in [-0.05, 0) is 32.6 Å². The Morgan fingerprint density at radius 3 is 2.11 bits per heavy atom. The Balaban J connectivity index is 0.00000162. The SMILES string of the molecule is Cc1nc(N2CCC(C)CC2)nc(C)c1CN.Cl. The fourth-order valence-electron chi connectivity index (χ4n) is 2.37. The summed E-state index contributed by atoms with van der Waals surface area (Å²) < 4.78 is 0. The van der Waals surface area contributed by atoms with Crippen molar-refractivity contribution in [3.63, 3.8) is 0 Å². The van der Waals surface area contributed by atoms with Gasteiger partial charge >= 0.3 is 0 Å². The Morgan fingerprint density at radius 2 is 1.67 bits per heavy atom. The zero-order valence-electron chi connectivity index (χ0n) is 11.4. The molecule has 2 heterocycles. The van der Waals surface area contributed by atoms with Gasteiger partial charge in [-0.1, -0.05) is 6.92 Å². The van der Waals surface area contributed by atoms with Gasteiger partial charge in [0.25, 0.3) is 0 Å². The van der Waals surface area contributed by atoms with Gasteiger partial charge in [-0.15, -0.1) is 12.4 Å². The zero-order valence-corrected chi connectivity index (χ0v) is 12.3. The molecule has 0 saturated carbocycles. The van der Waals surface area contributed by atoms with Gasteiger partial charge in [-0.25, -0.2) is 9.97 Å².